The van der Waals surface area contributed by atoms with Crippen molar-refractivity contribution in [2.75, 3.05) is 24.6 Å². The molecule has 1 unspecified atom stereocenters. The summed E-state index contributed by atoms with van der Waals surface area (Å²) < 4.78 is 21.3. The first-order valence-electron chi connectivity index (χ1n) is 6.69. The molecule has 0 aromatic rings. The Hall–Kier alpha value is -0.200. The third-order valence-electron chi connectivity index (χ3n) is 3.82. The number of hydrogen-bond donors (Lipinski definition) is 2. The quantitative estimate of drug-likeness (QED) is 0.570. The minimum absolute atomic E-state index is 0.310. The topological polar surface area (TPSA) is 52.6 Å². The SMILES string of the molecule is C[C@@]1(NC(=S)N2CCCCCC2)CC[S+](=O)(O)C1. The van der Waals surface area contributed by atoms with Gasteiger partial charge in [0.05, 0.1) is 5.54 Å². The second kappa shape index (κ2) is 5.43. The van der Waals surface area contributed by atoms with Gasteiger partial charge in [-0.15, -0.1) is 0 Å². The summed E-state index contributed by atoms with van der Waals surface area (Å²) in [7, 11) is -2.63. The Morgan fingerprint density at radius 3 is 2.44 bits per heavy atom. The Bertz CT molecular complexity index is 367. The summed E-state index contributed by atoms with van der Waals surface area (Å²) in [6.45, 7) is 4.02. The van der Waals surface area contributed by atoms with Crippen LogP contribution in [-0.2, 0) is 14.4 Å². The second-order valence-corrected chi connectivity index (χ2v) is 8.39. The Kier molecular flexibility index (Phi) is 4.29. The summed E-state index contributed by atoms with van der Waals surface area (Å²) in [6.07, 6.45) is 5.66. The van der Waals surface area contributed by atoms with Gasteiger partial charge in [0.25, 0.3) is 0 Å². The lowest BCUT2D eigenvalue weighted by Gasteiger charge is -2.30. The molecule has 2 fully saturated rings. The molecule has 2 aliphatic rings. The molecule has 0 bridgehead atoms. The predicted molar refractivity (Wildman–Crippen MR) is 79.2 cm³/mol. The van der Waals surface area contributed by atoms with Crippen molar-refractivity contribution in [3.05, 3.63) is 0 Å². The zero-order valence-electron chi connectivity index (χ0n) is 11.0. The van der Waals surface area contributed by atoms with E-state index in [0.717, 1.165) is 24.6 Å². The summed E-state index contributed by atoms with van der Waals surface area (Å²) in [5.74, 6) is 0.701. The molecule has 18 heavy (non-hydrogen) atoms. The Morgan fingerprint density at radius 1 is 1.33 bits per heavy atom. The van der Waals surface area contributed by atoms with E-state index in [-0.39, 0.29) is 5.54 Å². The number of nitrogens with zero attached hydrogens (tertiary/aromatic N) is 1. The van der Waals surface area contributed by atoms with Crippen LogP contribution in [0, 0.1) is 0 Å². The second-order valence-electron chi connectivity index (χ2n) is 5.76. The first-order valence-corrected chi connectivity index (χ1v) is 8.96. The summed E-state index contributed by atoms with van der Waals surface area (Å²) in [5, 5.41) is 4.09. The average Bonchev–Trinajstić information content (AvgIpc) is 2.49. The van der Waals surface area contributed by atoms with E-state index in [9.17, 15) is 8.76 Å². The van der Waals surface area contributed by atoms with Crippen LogP contribution < -0.4 is 5.32 Å². The van der Waals surface area contributed by atoms with Crippen molar-refractivity contribution in [3.8, 4) is 0 Å². The van der Waals surface area contributed by atoms with Crippen molar-refractivity contribution < 1.29 is 8.76 Å². The largest absolute Gasteiger partial charge is 0.352 e. The van der Waals surface area contributed by atoms with E-state index < -0.39 is 10.2 Å². The summed E-state index contributed by atoms with van der Waals surface area (Å²) in [6, 6.07) is 0. The molecule has 0 radical (unpaired) electrons. The van der Waals surface area contributed by atoms with Gasteiger partial charge in [0.15, 0.2) is 10.9 Å². The van der Waals surface area contributed by atoms with Crippen LogP contribution in [0.25, 0.3) is 0 Å². The Morgan fingerprint density at radius 2 is 1.94 bits per heavy atom. The lowest BCUT2D eigenvalue weighted by Crippen LogP contribution is -2.52. The minimum atomic E-state index is -2.63. The zero-order chi connectivity index (χ0) is 13.2. The van der Waals surface area contributed by atoms with Crippen LogP contribution in [0.5, 0.6) is 0 Å². The first-order chi connectivity index (χ1) is 8.40. The lowest BCUT2D eigenvalue weighted by atomic mass is 10.0. The fraction of sp³-hybridized carbons (Fsp3) is 0.917. The molecular formula is C12H23N2O2S2+. The predicted octanol–water partition coefficient (Wildman–Crippen LogP) is 1.87. The molecule has 4 nitrogen and oxygen atoms in total. The Labute approximate surface area is 116 Å². The number of thiocarbonyl (C=S) groups is 1. The van der Waals surface area contributed by atoms with E-state index in [4.69, 9.17) is 12.2 Å². The van der Waals surface area contributed by atoms with Crippen LogP contribution in [-0.4, -0.2) is 44.7 Å². The van der Waals surface area contributed by atoms with Gasteiger partial charge in [0.2, 0.25) is 10.2 Å². The van der Waals surface area contributed by atoms with Gasteiger partial charge >= 0.3 is 0 Å². The third-order valence-corrected chi connectivity index (χ3v) is 6.11. The molecule has 6 heteroatoms. The van der Waals surface area contributed by atoms with Crippen molar-refractivity contribution >= 4 is 27.5 Å². The van der Waals surface area contributed by atoms with Gasteiger partial charge in [-0.05, 0) is 32.0 Å². The monoisotopic (exact) mass is 291 g/mol. The Balaban J connectivity index is 1.92. The highest BCUT2D eigenvalue weighted by Gasteiger charge is 2.47. The van der Waals surface area contributed by atoms with Crippen molar-refractivity contribution in [2.24, 2.45) is 0 Å². The lowest BCUT2D eigenvalue weighted by molar-refractivity contribution is 0.388. The van der Waals surface area contributed by atoms with E-state index in [1.165, 1.54) is 25.7 Å². The molecule has 2 heterocycles. The molecule has 2 aliphatic heterocycles. The average molecular weight is 291 g/mol. The summed E-state index contributed by atoms with van der Waals surface area (Å²) >= 11 is 5.46. The maximum atomic E-state index is 11.7. The van der Waals surface area contributed by atoms with Gasteiger partial charge in [-0.1, -0.05) is 17.1 Å². The number of rotatable bonds is 1. The van der Waals surface area contributed by atoms with Gasteiger partial charge < -0.3 is 10.2 Å². The van der Waals surface area contributed by atoms with Crippen molar-refractivity contribution in [1.82, 2.24) is 10.2 Å². The molecule has 0 aliphatic carbocycles. The minimum Gasteiger partial charge on any atom is -0.352 e. The van der Waals surface area contributed by atoms with Crippen molar-refractivity contribution in [2.45, 2.75) is 44.6 Å². The molecule has 2 N–H and O–H groups in total. The van der Waals surface area contributed by atoms with E-state index in [1.807, 2.05) is 6.92 Å². The first kappa shape index (κ1) is 14.2. The highest BCUT2D eigenvalue weighted by molar-refractivity contribution is 7.98. The van der Waals surface area contributed by atoms with Gasteiger partial charge in [-0.3, -0.25) is 0 Å². The molecule has 0 saturated carbocycles. The summed E-state index contributed by atoms with van der Waals surface area (Å²) in [4.78, 5) is 2.21. The molecule has 0 spiro atoms. The normalized spacial score (nSPS) is 37.3. The molecule has 104 valence electrons. The molecule has 2 atom stereocenters. The number of hydrogen-bond acceptors (Lipinski definition) is 2. The molecular weight excluding hydrogens is 268 g/mol. The maximum Gasteiger partial charge on any atom is 0.216 e. The smallest absolute Gasteiger partial charge is 0.216 e. The van der Waals surface area contributed by atoms with E-state index >= 15 is 0 Å². The van der Waals surface area contributed by atoms with Gasteiger partial charge in [0.1, 0.15) is 5.75 Å². The molecule has 2 rings (SSSR count). The number of likely N-dealkylation sites (tertiary alicyclic amines) is 1. The van der Waals surface area contributed by atoms with Crippen LogP contribution >= 0.6 is 12.2 Å². The summed E-state index contributed by atoms with van der Waals surface area (Å²) in [5.41, 5.74) is -0.310. The van der Waals surface area contributed by atoms with Crippen molar-refractivity contribution in [3.63, 3.8) is 0 Å². The van der Waals surface area contributed by atoms with Gasteiger partial charge in [-0.2, -0.15) is 4.55 Å². The highest BCUT2D eigenvalue weighted by Crippen LogP contribution is 2.26. The van der Waals surface area contributed by atoms with Crippen LogP contribution in [0.15, 0.2) is 0 Å². The maximum absolute atomic E-state index is 11.7. The van der Waals surface area contributed by atoms with Crippen LogP contribution in [0.1, 0.15) is 39.0 Å². The zero-order valence-corrected chi connectivity index (χ0v) is 12.6. The van der Waals surface area contributed by atoms with Crippen LogP contribution in [0.3, 0.4) is 0 Å². The fourth-order valence-corrected chi connectivity index (χ4v) is 5.29. The van der Waals surface area contributed by atoms with Gasteiger partial charge in [0, 0.05) is 19.5 Å². The third kappa shape index (κ3) is 3.65. The van der Waals surface area contributed by atoms with Gasteiger partial charge in [-0.25, -0.2) is 0 Å². The molecule has 0 aromatic carbocycles. The van der Waals surface area contributed by atoms with Crippen LogP contribution in [0.4, 0.5) is 0 Å². The highest BCUT2D eigenvalue weighted by atomic mass is 32.3. The van der Waals surface area contributed by atoms with E-state index in [2.05, 4.69) is 10.2 Å². The van der Waals surface area contributed by atoms with E-state index in [0.29, 0.717) is 11.5 Å². The molecule has 2 saturated heterocycles. The van der Waals surface area contributed by atoms with E-state index in [1.54, 1.807) is 0 Å². The molecule has 0 aromatic heterocycles. The fourth-order valence-electron chi connectivity index (χ4n) is 2.74. The van der Waals surface area contributed by atoms with Crippen LogP contribution in [0.2, 0.25) is 0 Å². The standard InChI is InChI=1S/C12H22N2O2S2/c1-12(6-9-18(15,16)10-12)13-11(17)14-7-4-2-3-5-8-14/h2-10H2,1H3,(H-,13,15,16,17)/p+1/t12-/m1/s1. The van der Waals surface area contributed by atoms with Crippen molar-refractivity contribution in [1.29, 1.82) is 0 Å². The molecule has 0 amide bonds. The number of nitrogens with one attached hydrogen (secondary N) is 1.